The van der Waals surface area contributed by atoms with Gasteiger partial charge in [0.1, 0.15) is 0 Å². The van der Waals surface area contributed by atoms with Gasteiger partial charge in [-0.3, -0.25) is 0 Å². The van der Waals surface area contributed by atoms with Crippen molar-refractivity contribution in [3.63, 3.8) is 0 Å². The maximum Gasteiger partial charge on any atom is 0.363 e. The van der Waals surface area contributed by atoms with E-state index in [1.54, 1.807) is 6.07 Å². The summed E-state index contributed by atoms with van der Waals surface area (Å²) in [6.07, 6.45) is 1.53. The molecule has 1 aromatic heterocycles. The Labute approximate surface area is 93.2 Å². The van der Waals surface area contributed by atoms with Crippen LogP contribution in [0.5, 0.6) is 0 Å². The van der Waals surface area contributed by atoms with E-state index in [9.17, 15) is 10.1 Å². The number of pyridine rings is 1. The molecule has 0 radical (unpaired) electrons. The Kier molecular flexibility index (Phi) is 2.74. The first-order chi connectivity index (χ1) is 7.58. The van der Waals surface area contributed by atoms with E-state index in [-0.39, 0.29) is 11.9 Å². The van der Waals surface area contributed by atoms with Crippen molar-refractivity contribution >= 4 is 11.5 Å². The van der Waals surface area contributed by atoms with E-state index in [0.717, 1.165) is 18.8 Å². The largest absolute Gasteiger partial charge is 0.367 e. The molecule has 6 heteroatoms. The highest BCUT2D eigenvalue weighted by Crippen LogP contribution is 2.23. The first-order valence-electron chi connectivity index (χ1n) is 5.19. The van der Waals surface area contributed by atoms with Gasteiger partial charge in [-0.05, 0) is 21.9 Å². The second-order valence-corrected chi connectivity index (χ2v) is 4.18. The van der Waals surface area contributed by atoms with Gasteiger partial charge in [0.15, 0.2) is 6.20 Å². The minimum Gasteiger partial charge on any atom is -0.367 e. The molecule has 0 aliphatic carbocycles. The highest BCUT2D eigenvalue weighted by Gasteiger charge is 2.27. The predicted octanol–water partition coefficient (Wildman–Crippen LogP) is 0.773. The molecule has 1 saturated heterocycles. The quantitative estimate of drug-likeness (QED) is 0.590. The average molecular weight is 222 g/mol. The van der Waals surface area contributed by atoms with Crippen LogP contribution >= 0.6 is 0 Å². The lowest BCUT2D eigenvalue weighted by Crippen LogP contribution is -2.28. The third kappa shape index (κ3) is 1.96. The standard InChI is InChI=1S/C10H14N4O2/c1-7-5-13(6-9(7)11)8-2-3-10(12-4-8)14(15)16/h2-4,7,9H,5-6,11H2,1H3. The van der Waals surface area contributed by atoms with Gasteiger partial charge in [0.25, 0.3) is 0 Å². The minimum atomic E-state index is -0.498. The summed E-state index contributed by atoms with van der Waals surface area (Å²) in [5, 5.41) is 10.4. The maximum atomic E-state index is 10.4. The third-order valence-electron chi connectivity index (χ3n) is 2.95. The Hall–Kier alpha value is -1.69. The molecule has 1 aliphatic rings. The van der Waals surface area contributed by atoms with Crippen LogP contribution in [0.4, 0.5) is 11.5 Å². The van der Waals surface area contributed by atoms with Gasteiger partial charge in [-0.2, -0.15) is 0 Å². The Bertz CT molecular complexity index is 382. The highest BCUT2D eigenvalue weighted by molar-refractivity contribution is 5.47. The summed E-state index contributed by atoms with van der Waals surface area (Å²) in [4.78, 5) is 15.8. The lowest BCUT2D eigenvalue weighted by Gasteiger charge is -2.15. The van der Waals surface area contributed by atoms with Crippen LogP contribution < -0.4 is 10.6 Å². The van der Waals surface area contributed by atoms with Gasteiger partial charge in [0, 0.05) is 25.2 Å². The Morgan fingerprint density at radius 2 is 2.31 bits per heavy atom. The molecule has 1 aromatic rings. The van der Waals surface area contributed by atoms with E-state index < -0.39 is 4.92 Å². The van der Waals surface area contributed by atoms with E-state index in [1.807, 2.05) is 0 Å². The molecule has 86 valence electrons. The number of nitrogens with zero attached hydrogens (tertiary/aromatic N) is 3. The summed E-state index contributed by atoms with van der Waals surface area (Å²) in [5.74, 6) is 0.315. The van der Waals surface area contributed by atoms with E-state index in [0.29, 0.717) is 5.92 Å². The summed E-state index contributed by atoms with van der Waals surface area (Å²) in [6.45, 7) is 3.75. The average Bonchev–Trinajstić information content (AvgIpc) is 2.59. The van der Waals surface area contributed by atoms with Crippen molar-refractivity contribution in [3.8, 4) is 0 Å². The maximum absolute atomic E-state index is 10.4. The summed E-state index contributed by atoms with van der Waals surface area (Å²) >= 11 is 0. The fourth-order valence-electron chi connectivity index (χ4n) is 1.88. The molecule has 1 fully saturated rings. The number of hydrogen-bond donors (Lipinski definition) is 1. The fourth-order valence-corrected chi connectivity index (χ4v) is 1.88. The van der Waals surface area contributed by atoms with Gasteiger partial charge in [-0.25, -0.2) is 0 Å². The highest BCUT2D eigenvalue weighted by atomic mass is 16.6. The van der Waals surface area contributed by atoms with Gasteiger partial charge in [-0.15, -0.1) is 0 Å². The van der Waals surface area contributed by atoms with Crippen molar-refractivity contribution in [1.29, 1.82) is 0 Å². The molecule has 2 unspecified atom stereocenters. The third-order valence-corrected chi connectivity index (χ3v) is 2.95. The Balaban J connectivity index is 2.14. The number of rotatable bonds is 2. The molecular weight excluding hydrogens is 208 g/mol. The zero-order chi connectivity index (χ0) is 11.7. The van der Waals surface area contributed by atoms with E-state index >= 15 is 0 Å². The van der Waals surface area contributed by atoms with Crippen LogP contribution in [0.25, 0.3) is 0 Å². The van der Waals surface area contributed by atoms with Crippen molar-refractivity contribution in [2.24, 2.45) is 11.7 Å². The Morgan fingerprint density at radius 1 is 1.56 bits per heavy atom. The molecule has 2 N–H and O–H groups in total. The normalized spacial score (nSPS) is 24.8. The van der Waals surface area contributed by atoms with E-state index in [2.05, 4.69) is 16.8 Å². The van der Waals surface area contributed by atoms with Crippen LogP contribution in [0.15, 0.2) is 18.3 Å². The molecular formula is C10H14N4O2. The lowest BCUT2D eigenvalue weighted by atomic mass is 10.1. The summed E-state index contributed by atoms with van der Waals surface area (Å²) in [7, 11) is 0. The lowest BCUT2D eigenvalue weighted by molar-refractivity contribution is -0.389. The van der Waals surface area contributed by atoms with Gasteiger partial charge in [0.2, 0.25) is 0 Å². The number of hydrogen-bond acceptors (Lipinski definition) is 5. The summed E-state index contributed by atoms with van der Waals surface area (Å²) in [6, 6.07) is 3.30. The molecule has 0 saturated carbocycles. The molecule has 0 bridgehead atoms. The van der Waals surface area contributed by atoms with Crippen molar-refractivity contribution in [3.05, 3.63) is 28.4 Å². The van der Waals surface area contributed by atoms with Gasteiger partial charge in [-0.1, -0.05) is 6.92 Å². The fraction of sp³-hybridized carbons (Fsp3) is 0.500. The molecule has 6 nitrogen and oxygen atoms in total. The van der Waals surface area contributed by atoms with Crippen molar-refractivity contribution in [1.82, 2.24) is 4.98 Å². The first-order valence-corrected chi connectivity index (χ1v) is 5.19. The van der Waals surface area contributed by atoms with Crippen LogP contribution in [0, 0.1) is 16.0 Å². The molecule has 16 heavy (non-hydrogen) atoms. The molecule has 0 spiro atoms. The van der Waals surface area contributed by atoms with Crippen LogP contribution in [0.2, 0.25) is 0 Å². The monoisotopic (exact) mass is 222 g/mol. The SMILES string of the molecule is CC1CN(c2ccc([N+](=O)[O-])nc2)CC1N. The van der Waals surface area contributed by atoms with Crippen molar-refractivity contribution in [2.75, 3.05) is 18.0 Å². The minimum absolute atomic E-state index is 0.125. The predicted molar refractivity (Wildman–Crippen MR) is 60.2 cm³/mol. The second kappa shape index (κ2) is 4.05. The number of nitro groups is 1. The zero-order valence-electron chi connectivity index (χ0n) is 9.04. The molecule has 0 aromatic carbocycles. The first kappa shape index (κ1) is 10.8. The Morgan fingerprint density at radius 3 is 2.75 bits per heavy atom. The molecule has 0 amide bonds. The van der Waals surface area contributed by atoms with Crippen molar-refractivity contribution < 1.29 is 4.92 Å². The van der Waals surface area contributed by atoms with Crippen molar-refractivity contribution in [2.45, 2.75) is 13.0 Å². The summed E-state index contributed by atoms with van der Waals surface area (Å²) in [5.41, 5.74) is 6.81. The van der Waals surface area contributed by atoms with Gasteiger partial charge < -0.3 is 20.7 Å². The summed E-state index contributed by atoms with van der Waals surface area (Å²) < 4.78 is 0. The van der Waals surface area contributed by atoms with Crippen LogP contribution in [0.1, 0.15) is 6.92 Å². The van der Waals surface area contributed by atoms with Crippen LogP contribution in [0.3, 0.4) is 0 Å². The smallest absolute Gasteiger partial charge is 0.363 e. The molecule has 1 aliphatic heterocycles. The molecule has 2 heterocycles. The zero-order valence-corrected chi connectivity index (χ0v) is 9.04. The molecule has 2 atom stereocenters. The van der Waals surface area contributed by atoms with E-state index in [4.69, 9.17) is 5.73 Å². The van der Waals surface area contributed by atoms with E-state index in [1.165, 1.54) is 12.3 Å². The number of aromatic nitrogens is 1. The van der Waals surface area contributed by atoms with Gasteiger partial charge >= 0.3 is 5.82 Å². The topological polar surface area (TPSA) is 85.3 Å². The van der Waals surface area contributed by atoms with Crippen LogP contribution in [-0.2, 0) is 0 Å². The number of anilines is 1. The van der Waals surface area contributed by atoms with Gasteiger partial charge in [0.05, 0.1) is 5.69 Å². The second-order valence-electron chi connectivity index (χ2n) is 4.18. The molecule has 2 rings (SSSR count). The van der Waals surface area contributed by atoms with Crippen LogP contribution in [-0.4, -0.2) is 29.0 Å². The number of nitrogens with two attached hydrogens (primary N) is 1.